The Morgan fingerprint density at radius 2 is 2.06 bits per heavy atom. The molecular weight excluding hydrogens is 247 g/mol. The second-order valence-corrected chi connectivity index (χ2v) is 4.43. The molecule has 0 bridgehead atoms. The summed E-state index contributed by atoms with van der Waals surface area (Å²) in [6.07, 6.45) is 5.32. The number of terminal acetylenes is 1. The van der Waals surface area contributed by atoms with Crippen molar-refractivity contribution >= 4 is 29.0 Å². The minimum atomic E-state index is -0.768. The first-order valence-electron chi connectivity index (χ1n) is 4.60. The largest absolute Gasteiger partial charge is 0.457 e. The molecule has 0 aliphatic carbocycles. The third-order valence-corrected chi connectivity index (χ3v) is 2.39. The van der Waals surface area contributed by atoms with Gasteiger partial charge in [-0.1, -0.05) is 29.1 Å². The third-order valence-electron chi connectivity index (χ3n) is 1.83. The average Bonchev–Trinajstić information content (AvgIpc) is 2.22. The molecule has 5 heteroatoms. The van der Waals surface area contributed by atoms with E-state index < -0.39 is 5.60 Å². The van der Waals surface area contributed by atoms with E-state index in [4.69, 9.17) is 34.4 Å². The lowest BCUT2D eigenvalue weighted by atomic mass is 10.1. The standard InChI is InChI=1S/C11H12Cl2N2O/c1-5-11(2,3)16-10-8(13)6-7(12)9(14-4)15-10/h1,6H,2-4H3,(H,14,15). The van der Waals surface area contributed by atoms with Crippen molar-refractivity contribution in [2.45, 2.75) is 19.4 Å². The van der Waals surface area contributed by atoms with E-state index in [-0.39, 0.29) is 5.88 Å². The number of hydrogen-bond acceptors (Lipinski definition) is 3. The Morgan fingerprint density at radius 1 is 1.44 bits per heavy atom. The minimum absolute atomic E-state index is 0.262. The molecule has 3 nitrogen and oxygen atoms in total. The van der Waals surface area contributed by atoms with Gasteiger partial charge in [-0.05, 0) is 19.9 Å². The van der Waals surface area contributed by atoms with Crippen molar-refractivity contribution in [1.29, 1.82) is 0 Å². The molecule has 0 saturated carbocycles. The molecule has 0 spiro atoms. The number of aromatic nitrogens is 1. The topological polar surface area (TPSA) is 34.1 Å². The van der Waals surface area contributed by atoms with Crippen molar-refractivity contribution in [3.05, 3.63) is 16.1 Å². The van der Waals surface area contributed by atoms with Crippen LogP contribution in [-0.2, 0) is 0 Å². The van der Waals surface area contributed by atoms with Crippen molar-refractivity contribution in [3.63, 3.8) is 0 Å². The summed E-state index contributed by atoms with van der Waals surface area (Å²) in [5.74, 6) is 3.25. The molecular formula is C11H12Cl2N2O. The number of ether oxygens (including phenoxy) is 1. The van der Waals surface area contributed by atoms with Crippen LogP contribution in [0, 0.1) is 12.3 Å². The summed E-state index contributed by atoms with van der Waals surface area (Å²) < 4.78 is 5.50. The highest BCUT2D eigenvalue weighted by Crippen LogP contribution is 2.32. The second kappa shape index (κ2) is 4.82. The first-order valence-corrected chi connectivity index (χ1v) is 5.36. The van der Waals surface area contributed by atoms with Crippen LogP contribution in [0.25, 0.3) is 0 Å². The zero-order valence-corrected chi connectivity index (χ0v) is 10.8. The monoisotopic (exact) mass is 258 g/mol. The summed E-state index contributed by atoms with van der Waals surface area (Å²) in [4.78, 5) is 4.13. The normalized spacial score (nSPS) is 10.8. The van der Waals surface area contributed by atoms with Gasteiger partial charge in [-0.3, -0.25) is 0 Å². The number of hydrogen-bond donors (Lipinski definition) is 1. The predicted molar refractivity (Wildman–Crippen MR) is 67.3 cm³/mol. The van der Waals surface area contributed by atoms with E-state index in [1.165, 1.54) is 0 Å². The van der Waals surface area contributed by atoms with Gasteiger partial charge >= 0.3 is 0 Å². The number of nitrogens with one attached hydrogen (secondary N) is 1. The van der Waals surface area contributed by atoms with E-state index in [0.717, 1.165) is 0 Å². The smallest absolute Gasteiger partial charge is 0.236 e. The van der Waals surface area contributed by atoms with Gasteiger partial charge in [0, 0.05) is 7.05 Å². The molecule has 0 aliphatic rings. The molecule has 0 saturated heterocycles. The van der Waals surface area contributed by atoms with Crippen molar-refractivity contribution in [3.8, 4) is 18.2 Å². The molecule has 1 heterocycles. The first kappa shape index (κ1) is 13.0. The number of nitrogens with zero attached hydrogens (tertiary/aromatic N) is 1. The maximum absolute atomic E-state index is 5.95. The molecule has 16 heavy (non-hydrogen) atoms. The third kappa shape index (κ3) is 2.94. The van der Waals surface area contributed by atoms with E-state index in [0.29, 0.717) is 15.9 Å². The average molecular weight is 259 g/mol. The molecule has 1 aromatic heterocycles. The van der Waals surface area contributed by atoms with E-state index in [1.54, 1.807) is 27.0 Å². The molecule has 0 unspecified atom stereocenters. The molecule has 0 amide bonds. The Kier molecular flexibility index (Phi) is 3.90. The van der Waals surface area contributed by atoms with E-state index >= 15 is 0 Å². The van der Waals surface area contributed by atoms with Gasteiger partial charge in [-0.15, -0.1) is 6.42 Å². The predicted octanol–water partition coefficient (Wildman–Crippen LogP) is 3.22. The van der Waals surface area contributed by atoms with Crippen LogP contribution in [-0.4, -0.2) is 17.6 Å². The van der Waals surface area contributed by atoms with Crippen LogP contribution in [0.5, 0.6) is 5.88 Å². The number of halogens is 2. The number of rotatable bonds is 3. The Labute approximate surface area is 105 Å². The Balaban J connectivity index is 3.11. The van der Waals surface area contributed by atoms with Gasteiger partial charge in [-0.2, -0.15) is 4.98 Å². The molecule has 0 aromatic carbocycles. The Morgan fingerprint density at radius 3 is 2.56 bits per heavy atom. The summed E-state index contributed by atoms with van der Waals surface area (Å²) in [5, 5.41) is 3.59. The fourth-order valence-corrected chi connectivity index (χ4v) is 1.46. The summed E-state index contributed by atoms with van der Waals surface area (Å²) in [6.45, 7) is 3.50. The fourth-order valence-electron chi connectivity index (χ4n) is 0.968. The van der Waals surface area contributed by atoms with Crippen LogP contribution < -0.4 is 10.1 Å². The van der Waals surface area contributed by atoms with E-state index in [2.05, 4.69) is 16.2 Å². The van der Waals surface area contributed by atoms with Crippen LogP contribution in [0.1, 0.15) is 13.8 Å². The zero-order valence-electron chi connectivity index (χ0n) is 9.27. The fraction of sp³-hybridized carbons (Fsp3) is 0.364. The van der Waals surface area contributed by atoms with Crippen LogP contribution in [0.15, 0.2) is 6.07 Å². The molecule has 1 rings (SSSR count). The Bertz CT molecular complexity index is 438. The highest BCUT2D eigenvalue weighted by molar-refractivity contribution is 6.36. The number of anilines is 1. The summed E-state index contributed by atoms with van der Waals surface area (Å²) in [5.41, 5.74) is -0.768. The van der Waals surface area contributed by atoms with Crippen molar-refractivity contribution < 1.29 is 4.74 Å². The maximum atomic E-state index is 5.95. The lowest BCUT2D eigenvalue weighted by molar-refractivity contribution is 0.165. The first-order chi connectivity index (χ1) is 7.39. The quantitative estimate of drug-likeness (QED) is 0.846. The van der Waals surface area contributed by atoms with E-state index in [9.17, 15) is 0 Å². The molecule has 0 radical (unpaired) electrons. The highest BCUT2D eigenvalue weighted by atomic mass is 35.5. The second-order valence-electron chi connectivity index (χ2n) is 3.61. The molecule has 0 fully saturated rings. The molecule has 0 aliphatic heterocycles. The SMILES string of the molecule is C#CC(C)(C)Oc1nc(NC)c(Cl)cc1Cl. The van der Waals surface area contributed by atoms with Gasteiger partial charge in [0.05, 0.1) is 5.02 Å². The lowest BCUT2D eigenvalue weighted by Gasteiger charge is -2.20. The maximum Gasteiger partial charge on any atom is 0.236 e. The van der Waals surface area contributed by atoms with Crippen molar-refractivity contribution in [2.24, 2.45) is 0 Å². The van der Waals surface area contributed by atoms with Gasteiger partial charge in [0.1, 0.15) is 10.8 Å². The van der Waals surface area contributed by atoms with Gasteiger partial charge < -0.3 is 10.1 Å². The molecule has 0 atom stereocenters. The van der Waals surface area contributed by atoms with Crippen molar-refractivity contribution in [1.82, 2.24) is 4.98 Å². The van der Waals surface area contributed by atoms with Crippen molar-refractivity contribution in [2.75, 3.05) is 12.4 Å². The van der Waals surface area contributed by atoms with Gasteiger partial charge in [-0.25, -0.2) is 0 Å². The molecule has 1 aromatic rings. The molecule has 86 valence electrons. The Hall–Kier alpha value is -1.11. The number of pyridine rings is 1. The zero-order chi connectivity index (χ0) is 12.3. The van der Waals surface area contributed by atoms with Crippen LogP contribution in [0.3, 0.4) is 0 Å². The molecule has 1 N–H and O–H groups in total. The lowest BCUT2D eigenvalue weighted by Crippen LogP contribution is -2.26. The van der Waals surface area contributed by atoms with Gasteiger partial charge in [0.15, 0.2) is 5.60 Å². The van der Waals surface area contributed by atoms with Crippen LogP contribution in [0.4, 0.5) is 5.82 Å². The van der Waals surface area contributed by atoms with Crippen LogP contribution >= 0.6 is 23.2 Å². The highest BCUT2D eigenvalue weighted by Gasteiger charge is 2.19. The summed E-state index contributed by atoms with van der Waals surface area (Å²) in [7, 11) is 1.71. The van der Waals surface area contributed by atoms with Crippen LogP contribution in [0.2, 0.25) is 10.0 Å². The summed E-state index contributed by atoms with van der Waals surface area (Å²) >= 11 is 11.9. The minimum Gasteiger partial charge on any atom is -0.457 e. The van der Waals surface area contributed by atoms with E-state index in [1.807, 2.05) is 0 Å². The van der Waals surface area contributed by atoms with Gasteiger partial charge in [0.2, 0.25) is 5.88 Å². The summed E-state index contributed by atoms with van der Waals surface area (Å²) in [6, 6.07) is 1.56. The van der Waals surface area contributed by atoms with Gasteiger partial charge in [0.25, 0.3) is 0 Å².